The molecule has 18 heavy (non-hydrogen) atoms. The molecule has 0 saturated heterocycles. The summed E-state index contributed by atoms with van der Waals surface area (Å²) >= 11 is 1.59. The third kappa shape index (κ3) is 3.66. The molecule has 0 aliphatic rings. The van der Waals surface area contributed by atoms with Crippen molar-refractivity contribution in [3.63, 3.8) is 0 Å². The molecular weight excluding hydrogens is 247 g/mol. The smallest absolute Gasteiger partial charge is 0.123 e. The lowest BCUT2D eigenvalue weighted by molar-refractivity contribution is 0.626. The predicted octanol–water partition coefficient (Wildman–Crippen LogP) is 3.09. The highest BCUT2D eigenvalue weighted by Crippen LogP contribution is 2.13. The topological polar surface area (TPSA) is 35.8 Å². The molecule has 92 valence electrons. The first kappa shape index (κ1) is 12.7. The van der Waals surface area contributed by atoms with Crippen LogP contribution in [0, 0.1) is 17.1 Å². The Morgan fingerprint density at radius 1 is 1.28 bits per heavy atom. The van der Waals surface area contributed by atoms with Crippen molar-refractivity contribution in [1.82, 2.24) is 5.32 Å². The number of nitriles is 1. The monoisotopic (exact) mass is 260 g/mol. The van der Waals surface area contributed by atoms with Crippen molar-refractivity contribution in [3.05, 3.63) is 57.5 Å². The second-order valence-electron chi connectivity index (χ2n) is 3.97. The molecule has 1 aromatic carbocycles. The highest BCUT2D eigenvalue weighted by Gasteiger charge is 1.99. The van der Waals surface area contributed by atoms with Gasteiger partial charge in [-0.05, 0) is 36.7 Å². The summed E-state index contributed by atoms with van der Waals surface area (Å²) in [4.78, 5) is 1.16. The first-order valence-electron chi connectivity index (χ1n) is 5.70. The lowest BCUT2D eigenvalue weighted by atomic mass is 10.1. The Balaban J connectivity index is 1.73. The van der Waals surface area contributed by atoms with Gasteiger partial charge >= 0.3 is 0 Å². The van der Waals surface area contributed by atoms with Crippen LogP contribution in [0.4, 0.5) is 4.39 Å². The van der Waals surface area contributed by atoms with Crippen LogP contribution in [-0.4, -0.2) is 6.54 Å². The van der Waals surface area contributed by atoms with E-state index in [0.29, 0.717) is 0 Å². The summed E-state index contributed by atoms with van der Waals surface area (Å²) < 4.78 is 12.7. The number of hydrogen-bond donors (Lipinski definition) is 1. The van der Waals surface area contributed by atoms with E-state index >= 15 is 0 Å². The molecule has 2 aromatic rings. The number of benzene rings is 1. The van der Waals surface area contributed by atoms with Crippen LogP contribution in [0.25, 0.3) is 0 Å². The minimum absolute atomic E-state index is 0.200. The molecule has 1 heterocycles. The molecular formula is C14H13FN2S. The summed E-state index contributed by atoms with van der Waals surface area (Å²) in [6.45, 7) is 1.61. The number of thiophene rings is 1. The predicted molar refractivity (Wildman–Crippen MR) is 70.8 cm³/mol. The molecule has 4 heteroatoms. The van der Waals surface area contributed by atoms with E-state index in [2.05, 4.69) is 11.4 Å². The van der Waals surface area contributed by atoms with E-state index in [-0.39, 0.29) is 5.82 Å². The van der Waals surface area contributed by atoms with Crippen LogP contribution in [0.2, 0.25) is 0 Å². The summed E-state index contributed by atoms with van der Waals surface area (Å²) in [5, 5.41) is 13.9. The molecule has 2 nitrogen and oxygen atoms in total. The molecule has 0 amide bonds. The molecule has 0 aliphatic carbocycles. The summed E-state index contributed by atoms with van der Waals surface area (Å²) in [5.74, 6) is -0.200. The van der Waals surface area contributed by atoms with Crippen molar-refractivity contribution in [2.75, 3.05) is 6.54 Å². The van der Waals surface area contributed by atoms with Gasteiger partial charge in [-0.1, -0.05) is 12.1 Å². The molecule has 0 fully saturated rings. The minimum Gasteiger partial charge on any atom is -0.312 e. The van der Waals surface area contributed by atoms with Gasteiger partial charge in [0.15, 0.2) is 0 Å². The van der Waals surface area contributed by atoms with Crippen molar-refractivity contribution in [1.29, 1.82) is 5.26 Å². The van der Waals surface area contributed by atoms with E-state index in [1.807, 2.05) is 11.4 Å². The maximum absolute atomic E-state index is 12.7. The van der Waals surface area contributed by atoms with E-state index in [4.69, 9.17) is 5.26 Å². The van der Waals surface area contributed by atoms with Crippen LogP contribution in [-0.2, 0) is 13.0 Å². The number of nitrogens with one attached hydrogen (secondary N) is 1. The molecule has 0 saturated carbocycles. The van der Waals surface area contributed by atoms with Crippen LogP contribution in [0.3, 0.4) is 0 Å². The van der Waals surface area contributed by atoms with Crippen LogP contribution < -0.4 is 5.32 Å². The number of halogens is 1. The number of nitrogens with zero attached hydrogens (tertiary/aromatic N) is 1. The standard InChI is InChI=1S/C14H13FN2S/c15-13-3-1-11(2-4-13)5-6-17-9-14-7-12(8-16)10-18-14/h1-4,7,10,17H,5-6,9H2. The molecule has 1 N–H and O–H groups in total. The van der Waals surface area contributed by atoms with Crippen LogP contribution >= 0.6 is 11.3 Å². The Kier molecular flexibility index (Phi) is 4.46. The zero-order chi connectivity index (χ0) is 12.8. The van der Waals surface area contributed by atoms with Crippen molar-refractivity contribution < 1.29 is 4.39 Å². The van der Waals surface area contributed by atoms with E-state index in [9.17, 15) is 4.39 Å². The third-order valence-electron chi connectivity index (χ3n) is 2.59. The lowest BCUT2D eigenvalue weighted by Crippen LogP contribution is -2.15. The Morgan fingerprint density at radius 2 is 2.06 bits per heavy atom. The fourth-order valence-corrected chi connectivity index (χ4v) is 2.41. The zero-order valence-corrected chi connectivity index (χ0v) is 10.6. The molecule has 0 radical (unpaired) electrons. The SMILES string of the molecule is N#Cc1csc(CNCCc2ccc(F)cc2)c1. The lowest BCUT2D eigenvalue weighted by Gasteiger charge is -2.03. The number of rotatable bonds is 5. The minimum atomic E-state index is -0.200. The van der Waals surface area contributed by atoms with Gasteiger partial charge in [0, 0.05) is 16.8 Å². The second-order valence-corrected chi connectivity index (χ2v) is 4.96. The van der Waals surface area contributed by atoms with Gasteiger partial charge < -0.3 is 5.32 Å². The molecule has 1 aromatic heterocycles. The van der Waals surface area contributed by atoms with Gasteiger partial charge in [0.05, 0.1) is 5.56 Å². The highest BCUT2D eigenvalue weighted by molar-refractivity contribution is 7.10. The van der Waals surface area contributed by atoms with E-state index in [0.717, 1.165) is 35.5 Å². The summed E-state index contributed by atoms with van der Waals surface area (Å²) in [6, 6.07) is 10.6. The van der Waals surface area contributed by atoms with Gasteiger partial charge in [-0.2, -0.15) is 5.26 Å². The van der Waals surface area contributed by atoms with E-state index < -0.39 is 0 Å². The quantitative estimate of drug-likeness (QED) is 0.839. The Labute approximate surface area is 110 Å². The van der Waals surface area contributed by atoms with E-state index in [1.165, 1.54) is 12.1 Å². The normalized spacial score (nSPS) is 10.2. The largest absolute Gasteiger partial charge is 0.312 e. The average molecular weight is 260 g/mol. The molecule has 2 rings (SSSR count). The first-order chi connectivity index (χ1) is 8.78. The second kappa shape index (κ2) is 6.29. The zero-order valence-electron chi connectivity index (χ0n) is 9.82. The molecule has 0 bridgehead atoms. The summed E-state index contributed by atoms with van der Waals surface area (Å²) in [5.41, 5.74) is 1.84. The fourth-order valence-electron chi connectivity index (χ4n) is 1.63. The van der Waals surface area contributed by atoms with Crippen molar-refractivity contribution in [2.24, 2.45) is 0 Å². The molecule has 0 atom stereocenters. The molecule has 0 spiro atoms. The first-order valence-corrected chi connectivity index (χ1v) is 6.58. The van der Waals surface area contributed by atoms with Crippen molar-refractivity contribution in [3.8, 4) is 6.07 Å². The van der Waals surface area contributed by atoms with Gasteiger partial charge in [0.2, 0.25) is 0 Å². The van der Waals surface area contributed by atoms with Gasteiger partial charge in [-0.3, -0.25) is 0 Å². The van der Waals surface area contributed by atoms with Gasteiger partial charge in [-0.15, -0.1) is 11.3 Å². The third-order valence-corrected chi connectivity index (χ3v) is 3.52. The summed E-state index contributed by atoms with van der Waals surface area (Å²) in [7, 11) is 0. The average Bonchev–Trinajstić information content (AvgIpc) is 2.85. The molecule has 0 unspecified atom stereocenters. The summed E-state index contributed by atoms with van der Waals surface area (Å²) in [6.07, 6.45) is 0.872. The van der Waals surface area contributed by atoms with Crippen LogP contribution in [0.1, 0.15) is 16.0 Å². The Bertz CT molecular complexity index is 540. The van der Waals surface area contributed by atoms with Gasteiger partial charge in [0.1, 0.15) is 11.9 Å². The Morgan fingerprint density at radius 3 is 2.72 bits per heavy atom. The van der Waals surface area contributed by atoms with Gasteiger partial charge in [-0.25, -0.2) is 4.39 Å². The van der Waals surface area contributed by atoms with Crippen LogP contribution in [0.5, 0.6) is 0 Å². The van der Waals surface area contributed by atoms with Crippen molar-refractivity contribution in [2.45, 2.75) is 13.0 Å². The highest BCUT2D eigenvalue weighted by atomic mass is 32.1. The van der Waals surface area contributed by atoms with Crippen LogP contribution in [0.15, 0.2) is 35.7 Å². The number of hydrogen-bond acceptors (Lipinski definition) is 3. The van der Waals surface area contributed by atoms with Gasteiger partial charge in [0.25, 0.3) is 0 Å². The maximum atomic E-state index is 12.7. The van der Waals surface area contributed by atoms with Crippen molar-refractivity contribution >= 4 is 11.3 Å². The van der Waals surface area contributed by atoms with E-state index in [1.54, 1.807) is 23.5 Å². The fraction of sp³-hybridized carbons (Fsp3) is 0.214. The molecule has 0 aliphatic heterocycles. The Hall–Kier alpha value is -1.70. The maximum Gasteiger partial charge on any atom is 0.123 e.